The van der Waals surface area contributed by atoms with Crippen LogP contribution in [0.2, 0.25) is 0 Å². The van der Waals surface area contributed by atoms with Gasteiger partial charge in [-0.15, -0.1) is 11.8 Å². The average molecular weight is 231 g/mol. The summed E-state index contributed by atoms with van der Waals surface area (Å²) in [6.07, 6.45) is 0.165. The lowest BCUT2D eigenvalue weighted by Crippen LogP contribution is -2.33. The first kappa shape index (κ1) is 11.7. The first-order valence-electron chi connectivity index (χ1n) is 4.08. The maximum Gasteiger partial charge on any atom is 0.320 e. The summed E-state index contributed by atoms with van der Waals surface area (Å²) in [6.45, 7) is 0. The van der Waals surface area contributed by atoms with Crippen LogP contribution in [0.3, 0.4) is 0 Å². The monoisotopic (exact) mass is 231 g/mol. The molecule has 0 amide bonds. The first-order valence-corrected chi connectivity index (χ1v) is 5.07. The number of aromatic hydroxyl groups is 1. The molecule has 0 heterocycles. The highest BCUT2D eigenvalue weighted by Gasteiger charge is 2.20. The predicted octanol–water partition coefficient (Wildman–Crippen LogP) is -1.12. The van der Waals surface area contributed by atoms with Crippen LogP contribution in [0.15, 0.2) is 14.5 Å². The summed E-state index contributed by atoms with van der Waals surface area (Å²) in [6, 6.07) is -0.994. The fourth-order valence-corrected chi connectivity index (χ4v) is 1.93. The van der Waals surface area contributed by atoms with Gasteiger partial charge >= 0.3 is 5.97 Å². The molecular weight excluding hydrogens is 222 g/mol. The van der Waals surface area contributed by atoms with Crippen molar-refractivity contribution in [3.8, 4) is 5.75 Å². The van der Waals surface area contributed by atoms with Crippen molar-refractivity contribution < 1.29 is 15.0 Å². The number of thioether (sulfide) groups is 1. The van der Waals surface area contributed by atoms with Gasteiger partial charge in [-0.2, -0.15) is 0 Å². The van der Waals surface area contributed by atoms with Gasteiger partial charge in [0.05, 0.1) is 0 Å². The molecule has 1 aromatic rings. The minimum atomic E-state index is -1.12. The Morgan fingerprint density at radius 3 is 2.47 bits per heavy atom. The fraction of sp³-hybridized carbons (Fsp3) is 0.375. The van der Waals surface area contributed by atoms with Crippen LogP contribution >= 0.6 is 11.8 Å². The number of carboxylic acid groups (broad SMARTS) is 1. The van der Waals surface area contributed by atoms with Crippen LogP contribution in [0.25, 0.3) is 0 Å². The van der Waals surface area contributed by atoms with Gasteiger partial charge in [0.25, 0.3) is 5.43 Å². The number of nitrogens with two attached hydrogens (primary N) is 1. The number of hydrogen-bond acceptors (Lipinski definition) is 6. The van der Waals surface area contributed by atoms with Gasteiger partial charge in [-0.05, 0) is 6.42 Å². The van der Waals surface area contributed by atoms with Crippen LogP contribution < -0.4 is 16.6 Å². The largest absolute Gasteiger partial charge is 0.503 e. The van der Waals surface area contributed by atoms with Gasteiger partial charge in [-0.25, -0.2) is 0 Å². The van der Waals surface area contributed by atoms with E-state index in [1.54, 1.807) is 0 Å². The van der Waals surface area contributed by atoms with Crippen LogP contribution in [0.4, 0.5) is 0 Å². The van der Waals surface area contributed by atoms with E-state index in [0.29, 0.717) is 0 Å². The summed E-state index contributed by atoms with van der Waals surface area (Å²) in [5.74, 6) is -1.38. The van der Waals surface area contributed by atoms with Gasteiger partial charge in [0, 0.05) is 5.75 Å². The van der Waals surface area contributed by atoms with Crippen LogP contribution in [0.5, 0.6) is 5.75 Å². The molecule has 0 aromatic heterocycles. The third-order valence-electron chi connectivity index (χ3n) is 1.84. The van der Waals surface area contributed by atoms with Crippen molar-refractivity contribution >= 4 is 17.7 Å². The molecule has 0 unspecified atom stereocenters. The second-order valence-electron chi connectivity index (χ2n) is 2.92. The van der Waals surface area contributed by atoms with Gasteiger partial charge in [0.1, 0.15) is 10.9 Å². The van der Waals surface area contributed by atoms with Crippen molar-refractivity contribution in [3.63, 3.8) is 0 Å². The van der Waals surface area contributed by atoms with Crippen molar-refractivity contribution in [3.05, 3.63) is 20.4 Å². The second kappa shape index (κ2) is 4.45. The number of carboxylic acids is 1. The van der Waals surface area contributed by atoms with Crippen LogP contribution in [-0.4, -0.2) is 28.0 Å². The van der Waals surface area contributed by atoms with Gasteiger partial charge in [0.15, 0.2) is 5.75 Å². The van der Waals surface area contributed by atoms with Crippen LogP contribution in [-0.2, 0) is 4.79 Å². The second-order valence-corrected chi connectivity index (χ2v) is 4.02. The van der Waals surface area contributed by atoms with Crippen LogP contribution in [0, 0.1) is 0 Å². The molecule has 7 heteroatoms. The first-order chi connectivity index (χ1) is 6.95. The molecule has 1 rings (SSSR count). The fourth-order valence-electron chi connectivity index (χ4n) is 0.904. The van der Waals surface area contributed by atoms with Crippen molar-refractivity contribution in [2.45, 2.75) is 17.4 Å². The van der Waals surface area contributed by atoms with Gasteiger partial charge in [-0.1, -0.05) is 0 Å². The van der Waals surface area contributed by atoms with E-state index in [-0.39, 0.29) is 17.1 Å². The Kier molecular flexibility index (Phi) is 3.48. The molecule has 15 heavy (non-hydrogen) atoms. The highest BCUT2D eigenvalue weighted by atomic mass is 32.2. The normalized spacial score (nSPS) is 12.9. The Balaban J connectivity index is 2.43. The maximum absolute atomic E-state index is 10.8. The minimum absolute atomic E-state index is 0.00223. The quantitative estimate of drug-likeness (QED) is 0.434. The summed E-state index contributed by atoms with van der Waals surface area (Å²) >= 11 is 0.945. The molecule has 0 fully saturated rings. The number of rotatable bonds is 5. The molecule has 6 nitrogen and oxygen atoms in total. The van der Waals surface area contributed by atoms with E-state index >= 15 is 0 Å². The van der Waals surface area contributed by atoms with E-state index in [2.05, 4.69) is 0 Å². The number of carbonyl (C=O) groups is 1. The highest BCUT2D eigenvalue weighted by molar-refractivity contribution is 7.99. The summed E-state index contributed by atoms with van der Waals surface area (Å²) in [7, 11) is 0. The van der Waals surface area contributed by atoms with E-state index in [0.717, 1.165) is 11.8 Å². The lowest BCUT2D eigenvalue weighted by atomic mass is 10.2. The van der Waals surface area contributed by atoms with E-state index in [1.807, 2.05) is 0 Å². The molecule has 1 aromatic carbocycles. The number of aliphatic carboxylic acids is 1. The smallest absolute Gasteiger partial charge is 0.320 e. The van der Waals surface area contributed by atoms with Gasteiger partial charge in [-0.3, -0.25) is 14.4 Å². The summed E-state index contributed by atoms with van der Waals surface area (Å²) in [4.78, 5) is 31.8. The third kappa shape index (κ3) is 2.37. The Labute approximate surface area is 88.4 Å². The third-order valence-corrected chi connectivity index (χ3v) is 2.94. The SMILES string of the molecule is N[C@@H](CCSc1c(O)c(=O)c1=O)C(=O)O. The molecular formula is C8H9NO5S. The molecule has 0 aliphatic carbocycles. The average Bonchev–Trinajstić information content (AvgIpc) is 2.22. The summed E-state index contributed by atoms with van der Waals surface area (Å²) < 4.78 is 0. The molecule has 0 bridgehead atoms. The molecule has 0 radical (unpaired) electrons. The van der Waals surface area contributed by atoms with E-state index in [9.17, 15) is 14.4 Å². The molecule has 1 atom stereocenters. The molecule has 0 saturated heterocycles. The Hall–Kier alpha value is -1.34. The summed E-state index contributed by atoms with van der Waals surface area (Å²) in [5, 5.41) is 17.4. The Morgan fingerprint density at radius 2 is 2.00 bits per heavy atom. The Morgan fingerprint density at radius 1 is 1.40 bits per heavy atom. The van der Waals surface area contributed by atoms with Crippen molar-refractivity contribution in [2.75, 3.05) is 5.75 Å². The van der Waals surface area contributed by atoms with Gasteiger partial charge in [0.2, 0.25) is 5.43 Å². The molecule has 0 aliphatic rings. The lowest BCUT2D eigenvalue weighted by Gasteiger charge is -2.07. The van der Waals surface area contributed by atoms with Gasteiger partial charge < -0.3 is 15.9 Å². The Bertz CT molecular complexity index is 448. The van der Waals surface area contributed by atoms with Crippen molar-refractivity contribution in [2.24, 2.45) is 5.73 Å². The van der Waals surface area contributed by atoms with Crippen molar-refractivity contribution in [1.29, 1.82) is 0 Å². The minimum Gasteiger partial charge on any atom is -0.503 e. The van der Waals surface area contributed by atoms with E-state index in [1.165, 1.54) is 0 Å². The summed E-state index contributed by atoms with van der Waals surface area (Å²) in [5.41, 5.74) is 3.61. The molecule has 0 saturated carbocycles. The zero-order valence-corrected chi connectivity index (χ0v) is 8.41. The molecule has 0 spiro atoms. The molecule has 4 N–H and O–H groups in total. The zero-order valence-electron chi connectivity index (χ0n) is 7.60. The highest BCUT2D eigenvalue weighted by Crippen LogP contribution is 2.23. The zero-order chi connectivity index (χ0) is 11.6. The van der Waals surface area contributed by atoms with Crippen molar-refractivity contribution in [1.82, 2.24) is 0 Å². The van der Waals surface area contributed by atoms with E-state index < -0.39 is 28.6 Å². The standard InChI is InChI=1S/C8H9NO5S/c9-3(8(13)14)1-2-15-7-5(11)4(10)6(7)12/h3,11H,1-2,9H2,(H,13,14)/t3-/m0/s1. The topological polar surface area (TPSA) is 118 Å². The van der Waals surface area contributed by atoms with Crippen LogP contribution in [0.1, 0.15) is 6.42 Å². The number of hydrogen-bond donors (Lipinski definition) is 3. The molecule has 82 valence electrons. The lowest BCUT2D eigenvalue weighted by molar-refractivity contribution is -0.138. The predicted molar refractivity (Wildman–Crippen MR) is 54.0 cm³/mol. The maximum atomic E-state index is 10.8. The molecule has 0 aliphatic heterocycles. The van der Waals surface area contributed by atoms with E-state index in [4.69, 9.17) is 15.9 Å².